The van der Waals surface area contributed by atoms with Crippen molar-refractivity contribution in [1.82, 2.24) is 0 Å². The summed E-state index contributed by atoms with van der Waals surface area (Å²) < 4.78 is 31.6. The molecule has 0 saturated heterocycles. The van der Waals surface area contributed by atoms with E-state index in [1.165, 1.54) is 6.92 Å². The third kappa shape index (κ3) is 2.76. The number of carbonyl (C=O) groups is 1. The van der Waals surface area contributed by atoms with Crippen molar-refractivity contribution in [3.05, 3.63) is 35.4 Å². The van der Waals surface area contributed by atoms with Crippen LogP contribution in [0.15, 0.2) is 18.2 Å². The number of ether oxygens (including phenoxy) is 1. The lowest BCUT2D eigenvalue weighted by molar-refractivity contribution is -0.170. The highest BCUT2D eigenvalue weighted by Crippen LogP contribution is 2.36. The molecular formula is C14H18F2O3. The van der Waals surface area contributed by atoms with Gasteiger partial charge in [0.2, 0.25) is 0 Å². The molecule has 0 aliphatic carbocycles. The third-order valence-corrected chi connectivity index (χ3v) is 3.48. The Bertz CT molecular complexity index is 474. The fourth-order valence-corrected chi connectivity index (χ4v) is 2.16. The predicted octanol–water partition coefficient (Wildman–Crippen LogP) is 2.63. The van der Waals surface area contributed by atoms with E-state index in [0.29, 0.717) is 0 Å². The zero-order valence-electron chi connectivity index (χ0n) is 11.4. The normalized spacial score (nSPS) is 16.0. The van der Waals surface area contributed by atoms with Crippen molar-refractivity contribution in [2.24, 2.45) is 5.92 Å². The van der Waals surface area contributed by atoms with Crippen LogP contribution < -0.4 is 0 Å². The maximum atomic E-state index is 13.8. The van der Waals surface area contributed by atoms with Gasteiger partial charge in [-0.25, -0.2) is 13.6 Å². The van der Waals surface area contributed by atoms with Gasteiger partial charge < -0.3 is 9.84 Å². The highest BCUT2D eigenvalue weighted by Gasteiger charge is 2.47. The maximum Gasteiger partial charge on any atom is 0.338 e. The van der Waals surface area contributed by atoms with Gasteiger partial charge >= 0.3 is 5.97 Å². The summed E-state index contributed by atoms with van der Waals surface area (Å²) in [4.78, 5) is 11.8. The Morgan fingerprint density at radius 1 is 1.32 bits per heavy atom. The molecule has 0 fully saturated rings. The lowest BCUT2D eigenvalue weighted by Gasteiger charge is -2.35. The smallest absolute Gasteiger partial charge is 0.338 e. The number of halogens is 2. The molecule has 3 nitrogen and oxygen atoms in total. The van der Waals surface area contributed by atoms with Crippen LogP contribution in [0.1, 0.15) is 32.3 Å². The van der Waals surface area contributed by atoms with E-state index in [1.807, 2.05) is 0 Å². The summed E-state index contributed by atoms with van der Waals surface area (Å²) in [5, 5.41) is 10.5. The summed E-state index contributed by atoms with van der Waals surface area (Å²) in [5.41, 5.74) is -1.97. The molecule has 0 saturated carbocycles. The summed E-state index contributed by atoms with van der Waals surface area (Å²) >= 11 is 0. The molecule has 0 aromatic heterocycles. The minimum Gasteiger partial charge on any atom is -0.467 e. The topological polar surface area (TPSA) is 46.5 Å². The van der Waals surface area contributed by atoms with Gasteiger partial charge in [0, 0.05) is 5.92 Å². The zero-order chi connectivity index (χ0) is 14.8. The van der Waals surface area contributed by atoms with Crippen molar-refractivity contribution in [3.8, 4) is 0 Å². The van der Waals surface area contributed by atoms with Crippen LogP contribution in [0.2, 0.25) is 0 Å². The molecule has 1 rings (SSSR count). The second-order valence-corrected chi connectivity index (χ2v) is 4.86. The standard InChI is InChI=1S/C14H18F2O3/c1-8(2)14(18,13(17)19-4)9(3)11-7-10(15)5-6-12(11)16/h5-9,18H,1-4H3. The van der Waals surface area contributed by atoms with Gasteiger partial charge in [0.25, 0.3) is 0 Å². The van der Waals surface area contributed by atoms with Gasteiger partial charge in [-0.3, -0.25) is 0 Å². The van der Waals surface area contributed by atoms with Crippen LogP contribution >= 0.6 is 0 Å². The minimum absolute atomic E-state index is 0.0541. The third-order valence-electron chi connectivity index (χ3n) is 3.48. The van der Waals surface area contributed by atoms with Gasteiger partial charge in [0.15, 0.2) is 5.60 Å². The van der Waals surface area contributed by atoms with E-state index in [9.17, 15) is 18.7 Å². The van der Waals surface area contributed by atoms with E-state index in [4.69, 9.17) is 0 Å². The Hall–Kier alpha value is -1.49. The number of carbonyl (C=O) groups excluding carboxylic acids is 1. The Balaban J connectivity index is 3.31. The molecule has 0 heterocycles. The van der Waals surface area contributed by atoms with Crippen LogP contribution in [0.3, 0.4) is 0 Å². The van der Waals surface area contributed by atoms with Gasteiger partial charge in [0.1, 0.15) is 11.6 Å². The molecular weight excluding hydrogens is 254 g/mol. The van der Waals surface area contributed by atoms with Crippen LogP contribution in [0.25, 0.3) is 0 Å². The van der Waals surface area contributed by atoms with Crippen molar-refractivity contribution in [1.29, 1.82) is 0 Å². The summed E-state index contributed by atoms with van der Waals surface area (Å²) in [6.45, 7) is 4.70. The first-order valence-corrected chi connectivity index (χ1v) is 6.00. The molecule has 0 aliphatic heterocycles. The Morgan fingerprint density at radius 3 is 2.37 bits per heavy atom. The average molecular weight is 272 g/mol. The molecule has 0 spiro atoms. The second kappa shape index (κ2) is 5.65. The van der Waals surface area contributed by atoms with E-state index in [1.54, 1.807) is 13.8 Å². The quantitative estimate of drug-likeness (QED) is 0.857. The Morgan fingerprint density at radius 2 is 1.89 bits per heavy atom. The number of aliphatic hydroxyl groups is 1. The number of benzene rings is 1. The molecule has 106 valence electrons. The van der Waals surface area contributed by atoms with Crippen molar-refractivity contribution < 1.29 is 23.4 Å². The SMILES string of the molecule is COC(=O)C(O)(C(C)C)C(C)c1cc(F)ccc1F. The van der Waals surface area contributed by atoms with E-state index in [0.717, 1.165) is 25.3 Å². The fraction of sp³-hybridized carbons (Fsp3) is 0.500. The van der Waals surface area contributed by atoms with E-state index >= 15 is 0 Å². The van der Waals surface area contributed by atoms with E-state index in [2.05, 4.69) is 4.74 Å². The lowest BCUT2D eigenvalue weighted by Crippen LogP contribution is -2.49. The van der Waals surface area contributed by atoms with Gasteiger partial charge in [-0.05, 0) is 29.7 Å². The van der Waals surface area contributed by atoms with Gasteiger partial charge in [-0.1, -0.05) is 20.8 Å². The minimum atomic E-state index is -1.91. The Kier molecular flexibility index (Phi) is 4.63. The highest BCUT2D eigenvalue weighted by molar-refractivity contribution is 5.81. The van der Waals surface area contributed by atoms with Crippen LogP contribution in [0, 0.1) is 17.6 Å². The summed E-state index contributed by atoms with van der Waals surface area (Å²) in [5.74, 6) is -3.61. The molecule has 5 heteroatoms. The molecule has 1 aromatic rings. The van der Waals surface area contributed by atoms with Gasteiger partial charge in [0.05, 0.1) is 7.11 Å². The predicted molar refractivity (Wildman–Crippen MR) is 66.6 cm³/mol. The van der Waals surface area contributed by atoms with Crippen molar-refractivity contribution >= 4 is 5.97 Å². The molecule has 1 N–H and O–H groups in total. The molecule has 2 atom stereocenters. The molecule has 19 heavy (non-hydrogen) atoms. The largest absolute Gasteiger partial charge is 0.467 e. The number of hydrogen-bond donors (Lipinski definition) is 1. The van der Waals surface area contributed by atoms with Gasteiger partial charge in [-0.15, -0.1) is 0 Å². The highest BCUT2D eigenvalue weighted by atomic mass is 19.1. The number of hydrogen-bond acceptors (Lipinski definition) is 3. The second-order valence-electron chi connectivity index (χ2n) is 4.86. The van der Waals surface area contributed by atoms with Crippen LogP contribution in [-0.2, 0) is 9.53 Å². The van der Waals surface area contributed by atoms with Crippen molar-refractivity contribution in [3.63, 3.8) is 0 Å². The lowest BCUT2D eigenvalue weighted by atomic mass is 9.76. The number of methoxy groups -OCH3 is 1. The molecule has 0 bridgehead atoms. The Labute approximate surface area is 111 Å². The van der Waals surface area contributed by atoms with Crippen LogP contribution in [-0.4, -0.2) is 23.8 Å². The van der Waals surface area contributed by atoms with Crippen LogP contribution in [0.5, 0.6) is 0 Å². The maximum absolute atomic E-state index is 13.8. The van der Waals surface area contributed by atoms with Crippen molar-refractivity contribution in [2.75, 3.05) is 7.11 Å². The summed E-state index contributed by atoms with van der Waals surface area (Å²) in [6, 6.07) is 2.94. The number of rotatable bonds is 4. The van der Waals surface area contributed by atoms with E-state index in [-0.39, 0.29) is 5.56 Å². The molecule has 0 aliphatic rings. The number of esters is 1. The summed E-state index contributed by atoms with van der Waals surface area (Å²) in [7, 11) is 1.14. The van der Waals surface area contributed by atoms with Crippen LogP contribution in [0.4, 0.5) is 8.78 Å². The first kappa shape index (κ1) is 15.6. The van der Waals surface area contributed by atoms with Gasteiger partial charge in [-0.2, -0.15) is 0 Å². The first-order valence-electron chi connectivity index (χ1n) is 6.00. The molecule has 2 unspecified atom stereocenters. The fourth-order valence-electron chi connectivity index (χ4n) is 2.16. The molecule has 0 radical (unpaired) electrons. The summed E-state index contributed by atoms with van der Waals surface area (Å²) in [6.07, 6.45) is 0. The molecule has 0 amide bonds. The molecule has 1 aromatic carbocycles. The van der Waals surface area contributed by atoms with E-state index < -0.39 is 35.0 Å². The monoisotopic (exact) mass is 272 g/mol. The zero-order valence-corrected chi connectivity index (χ0v) is 11.4. The first-order chi connectivity index (χ1) is 8.75. The van der Waals surface area contributed by atoms with Crippen molar-refractivity contribution in [2.45, 2.75) is 32.3 Å². The average Bonchev–Trinajstić information content (AvgIpc) is 2.38.